The number of ether oxygens (including phenoxy) is 1. The van der Waals surface area contributed by atoms with E-state index >= 15 is 0 Å². The number of carbonyl (C=O) groups excluding carboxylic acids is 1. The maximum atomic E-state index is 13.7. The van der Waals surface area contributed by atoms with Crippen LogP contribution < -0.4 is 4.74 Å². The van der Waals surface area contributed by atoms with Crippen molar-refractivity contribution in [2.75, 3.05) is 0 Å². The van der Waals surface area contributed by atoms with Gasteiger partial charge in [-0.3, -0.25) is 0 Å². The van der Waals surface area contributed by atoms with Gasteiger partial charge in [0, 0.05) is 12.0 Å². The second-order valence-corrected chi connectivity index (χ2v) is 5.25. The Balaban J connectivity index is 1.94. The van der Waals surface area contributed by atoms with Crippen molar-refractivity contribution >= 4 is 17.4 Å². The molecule has 0 saturated heterocycles. The summed E-state index contributed by atoms with van der Waals surface area (Å²) >= 11 is 5.72. The quantitative estimate of drug-likeness (QED) is 0.781. The summed E-state index contributed by atoms with van der Waals surface area (Å²) in [6, 6.07) is 12.3. The predicted molar refractivity (Wildman–Crippen MR) is 81.2 cm³/mol. The van der Waals surface area contributed by atoms with Gasteiger partial charge in [0.15, 0.2) is 0 Å². The molecule has 2 aromatic carbocycles. The molecule has 110 valence electrons. The van der Waals surface area contributed by atoms with Crippen LogP contribution in [0.25, 0.3) is 0 Å². The fraction of sp³-hybridized carbons (Fsp3) is 0.235. The van der Waals surface area contributed by atoms with Crippen molar-refractivity contribution in [3.8, 4) is 5.75 Å². The summed E-state index contributed by atoms with van der Waals surface area (Å²) in [6.07, 6.45) is 1.26. The van der Waals surface area contributed by atoms with Crippen LogP contribution in [0.15, 0.2) is 42.5 Å². The maximum absolute atomic E-state index is 13.7. The van der Waals surface area contributed by atoms with Gasteiger partial charge >= 0.3 is 0 Å². The molecule has 0 bridgehead atoms. The number of halogens is 2. The monoisotopic (exact) mass is 306 g/mol. The van der Waals surface area contributed by atoms with Crippen LogP contribution in [-0.2, 0) is 17.8 Å². The van der Waals surface area contributed by atoms with E-state index in [1.54, 1.807) is 19.1 Å². The predicted octanol–water partition coefficient (Wildman–Crippen LogP) is 4.58. The molecule has 0 aliphatic carbocycles. The first-order chi connectivity index (χ1) is 10.1. The van der Waals surface area contributed by atoms with Crippen molar-refractivity contribution in [1.82, 2.24) is 0 Å². The van der Waals surface area contributed by atoms with Crippen molar-refractivity contribution in [3.63, 3.8) is 0 Å². The van der Waals surface area contributed by atoms with Crippen molar-refractivity contribution < 1.29 is 13.9 Å². The smallest absolute Gasteiger partial charge is 0.148 e. The minimum atomic E-state index is -0.447. The van der Waals surface area contributed by atoms with Gasteiger partial charge in [0.2, 0.25) is 0 Å². The summed E-state index contributed by atoms with van der Waals surface area (Å²) < 4.78 is 19.2. The number of rotatable bonds is 6. The van der Waals surface area contributed by atoms with Gasteiger partial charge < -0.3 is 9.53 Å². The minimum Gasteiger partial charge on any atom is -0.489 e. The molecule has 2 aromatic rings. The Bertz CT molecular complexity index is 623. The lowest BCUT2D eigenvalue weighted by Gasteiger charge is -2.08. The third-order valence-corrected chi connectivity index (χ3v) is 3.41. The van der Waals surface area contributed by atoms with Crippen LogP contribution >= 0.6 is 11.6 Å². The SMILES string of the molecule is CC(=O)CCc1ccc(OCc2cccc(Cl)c2F)cc1. The fourth-order valence-corrected chi connectivity index (χ4v) is 2.09. The fourth-order valence-electron chi connectivity index (χ4n) is 1.89. The van der Waals surface area contributed by atoms with E-state index in [1.165, 1.54) is 6.07 Å². The summed E-state index contributed by atoms with van der Waals surface area (Å²) in [4.78, 5) is 10.9. The highest BCUT2D eigenvalue weighted by Gasteiger charge is 2.06. The van der Waals surface area contributed by atoms with E-state index in [0.717, 1.165) is 12.0 Å². The summed E-state index contributed by atoms with van der Waals surface area (Å²) in [5, 5.41) is 0.0932. The largest absolute Gasteiger partial charge is 0.489 e. The van der Waals surface area contributed by atoms with E-state index in [-0.39, 0.29) is 17.4 Å². The van der Waals surface area contributed by atoms with Crippen molar-refractivity contribution in [1.29, 1.82) is 0 Å². The van der Waals surface area contributed by atoms with Gasteiger partial charge in [0.1, 0.15) is 24.0 Å². The molecule has 0 aliphatic heterocycles. The average molecular weight is 307 g/mol. The van der Waals surface area contributed by atoms with Crippen LogP contribution in [0.5, 0.6) is 5.75 Å². The molecular weight excluding hydrogens is 291 g/mol. The number of hydrogen-bond donors (Lipinski definition) is 0. The molecule has 2 rings (SSSR count). The number of ketones is 1. The van der Waals surface area contributed by atoms with Crippen molar-refractivity contribution in [2.24, 2.45) is 0 Å². The highest BCUT2D eigenvalue weighted by atomic mass is 35.5. The molecule has 0 saturated carbocycles. The Morgan fingerprint density at radius 1 is 1.19 bits per heavy atom. The maximum Gasteiger partial charge on any atom is 0.148 e. The summed E-state index contributed by atoms with van der Waals surface area (Å²) in [6.45, 7) is 1.70. The molecular formula is C17H16ClFO2. The van der Waals surface area contributed by atoms with Crippen molar-refractivity contribution in [2.45, 2.75) is 26.4 Å². The van der Waals surface area contributed by atoms with Crippen LogP contribution in [0.2, 0.25) is 5.02 Å². The van der Waals surface area contributed by atoms with Gasteiger partial charge in [-0.2, -0.15) is 0 Å². The van der Waals surface area contributed by atoms with E-state index in [0.29, 0.717) is 17.7 Å². The lowest BCUT2D eigenvalue weighted by atomic mass is 10.1. The molecule has 0 N–H and O–H groups in total. The topological polar surface area (TPSA) is 26.3 Å². The second-order valence-electron chi connectivity index (χ2n) is 4.85. The zero-order valence-electron chi connectivity index (χ0n) is 11.7. The number of carbonyl (C=O) groups is 1. The Morgan fingerprint density at radius 3 is 2.57 bits per heavy atom. The molecule has 0 radical (unpaired) electrons. The average Bonchev–Trinajstić information content (AvgIpc) is 2.48. The summed E-state index contributed by atoms with van der Waals surface area (Å²) in [5.74, 6) is 0.380. The minimum absolute atomic E-state index is 0.0932. The molecule has 0 spiro atoms. The first-order valence-electron chi connectivity index (χ1n) is 6.70. The first-order valence-corrected chi connectivity index (χ1v) is 7.08. The highest BCUT2D eigenvalue weighted by Crippen LogP contribution is 2.20. The molecule has 0 aliphatic rings. The normalized spacial score (nSPS) is 10.4. The zero-order chi connectivity index (χ0) is 15.2. The Kier molecular flexibility index (Phi) is 5.34. The van der Waals surface area contributed by atoms with Gasteiger partial charge in [-0.15, -0.1) is 0 Å². The molecule has 0 fully saturated rings. The lowest BCUT2D eigenvalue weighted by molar-refractivity contribution is -0.116. The standard InChI is InChI=1S/C17H16ClFO2/c1-12(20)5-6-13-7-9-15(10-8-13)21-11-14-3-2-4-16(18)17(14)19/h2-4,7-10H,5-6,11H2,1H3. The molecule has 0 heterocycles. The lowest BCUT2D eigenvalue weighted by Crippen LogP contribution is -1.99. The highest BCUT2D eigenvalue weighted by molar-refractivity contribution is 6.30. The van der Waals surface area contributed by atoms with Gasteiger partial charge in [0.25, 0.3) is 0 Å². The van der Waals surface area contributed by atoms with Gasteiger partial charge in [0.05, 0.1) is 5.02 Å². The third-order valence-electron chi connectivity index (χ3n) is 3.11. The van der Waals surface area contributed by atoms with Gasteiger partial charge in [-0.25, -0.2) is 4.39 Å². The number of Topliss-reactive ketones (excluding diaryl/α,β-unsaturated/α-hetero) is 1. The Labute approximate surface area is 128 Å². The van der Waals surface area contributed by atoms with E-state index in [2.05, 4.69) is 0 Å². The van der Waals surface area contributed by atoms with Gasteiger partial charge in [-0.05, 0) is 37.1 Å². The van der Waals surface area contributed by atoms with Crippen LogP contribution in [0.1, 0.15) is 24.5 Å². The van der Waals surface area contributed by atoms with E-state index in [1.807, 2.05) is 24.3 Å². The Hall–Kier alpha value is -1.87. The van der Waals surface area contributed by atoms with Crippen LogP contribution in [0.3, 0.4) is 0 Å². The van der Waals surface area contributed by atoms with Crippen molar-refractivity contribution in [3.05, 3.63) is 64.4 Å². The molecule has 0 unspecified atom stereocenters. The zero-order valence-corrected chi connectivity index (χ0v) is 12.5. The Morgan fingerprint density at radius 2 is 1.90 bits per heavy atom. The second kappa shape index (κ2) is 7.23. The summed E-state index contributed by atoms with van der Waals surface area (Å²) in [5.41, 5.74) is 1.50. The molecule has 21 heavy (non-hydrogen) atoms. The third kappa shape index (κ3) is 4.57. The van der Waals surface area contributed by atoms with Crippen LogP contribution in [0.4, 0.5) is 4.39 Å². The number of hydrogen-bond acceptors (Lipinski definition) is 2. The molecule has 0 atom stereocenters. The molecule has 0 amide bonds. The molecule has 4 heteroatoms. The van der Waals surface area contributed by atoms with E-state index in [9.17, 15) is 9.18 Å². The number of aryl methyl sites for hydroxylation is 1. The first kappa shape index (κ1) is 15.5. The van der Waals surface area contributed by atoms with E-state index < -0.39 is 5.82 Å². The molecule has 2 nitrogen and oxygen atoms in total. The van der Waals surface area contributed by atoms with Crippen LogP contribution in [0, 0.1) is 5.82 Å². The van der Waals surface area contributed by atoms with Gasteiger partial charge in [-0.1, -0.05) is 35.9 Å². The molecule has 0 aromatic heterocycles. The van der Waals surface area contributed by atoms with E-state index in [4.69, 9.17) is 16.3 Å². The summed E-state index contributed by atoms with van der Waals surface area (Å²) in [7, 11) is 0. The number of benzene rings is 2. The van der Waals surface area contributed by atoms with Crippen LogP contribution in [-0.4, -0.2) is 5.78 Å².